The van der Waals surface area contributed by atoms with E-state index in [4.69, 9.17) is 11.6 Å². The zero-order valence-corrected chi connectivity index (χ0v) is 13.1. The van der Waals surface area contributed by atoms with Crippen molar-refractivity contribution in [3.63, 3.8) is 0 Å². The molecule has 1 aliphatic rings. The maximum absolute atomic E-state index is 5.82. The van der Waals surface area contributed by atoms with Crippen LogP contribution in [0, 0.1) is 17.3 Å². The number of halogens is 1. The minimum absolute atomic E-state index is 0.392. The fourth-order valence-corrected chi connectivity index (χ4v) is 2.87. The first-order valence-electron chi connectivity index (χ1n) is 7.10. The van der Waals surface area contributed by atoms with Crippen molar-refractivity contribution in [1.29, 1.82) is 0 Å². The summed E-state index contributed by atoms with van der Waals surface area (Å²) in [6.45, 7) is 11.5. The van der Waals surface area contributed by atoms with Gasteiger partial charge in [-0.1, -0.05) is 39.3 Å². The Balaban J connectivity index is 1.94. The Morgan fingerprint density at radius 1 is 1.21 bits per heavy atom. The van der Waals surface area contributed by atoms with E-state index in [0.29, 0.717) is 10.4 Å². The summed E-state index contributed by atoms with van der Waals surface area (Å²) in [5.74, 6) is 2.37. The van der Waals surface area contributed by atoms with Crippen LogP contribution in [-0.4, -0.2) is 23.1 Å². The summed E-state index contributed by atoms with van der Waals surface area (Å²) in [6.07, 6.45) is 5.80. The second kappa shape index (κ2) is 5.66. The summed E-state index contributed by atoms with van der Waals surface area (Å²) < 4.78 is 0. The monoisotopic (exact) mass is 281 g/mol. The van der Waals surface area contributed by atoms with Crippen molar-refractivity contribution >= 4 is 17.5 Å². The van der Waals surface area contributed by atoms with Crippen LogP contribution in [0.2, 0.25) is 5.02 Å². The third kappa shape index (κ3) is 3.59. The number of hydrogen-bond donors (Lipinski definition) is 0. The number of piperidine rings is 1. The number of aromatic nitrogens is 2. The summed E-state index contributed by atoms with van der Waals surface area (Å²) in [4.78, 5) is 10.9. The molecule has 0 radical (unpaired) electrons. The van der Waals surface area contributed by atoms with Gasteiger partial charge in [-0.3, -0.25) is 0 Å². The molecule has 1 aliphatic heterocycles. The van der Waals surface area contributed by atoms with Crippen molar-refractivity contribution in [2.24, 2.45) is 17.3 Å². The molecule has 19 heavy (non-hydrogen) atoms. The smallest absolute Gasteiger partial charge is 0.225 e. The lowest BCUT2D eigenvalue weighted by Crippen LogP contribution is -2.39. The Labute approximate surface area is 121 Å². The average molecular weight is 282 g/mol. The lowest BCUT2D eigenvalue weighted by Gasteiger charge is -2.40. The van der Waals surface area contributed by atoms with Crippen LogP contribution in [0.4, 0.5) is 5.95 Å². The fourth-order valence-electron chi connectivity index (χ4n) is 2.78. The maximum Gasteiger partial charge on any atom is 0.225 e. The van der Waals surface area contributed by atoms with E-state index in [1.165, 1.54) is 12.8 Å². The first-order valence-corrected chi connectivity index (χ1v) is 7.48. The van der Waals surface area contributed by atoms with Crippen LogP contribution in [0.1, 0.15) is 40.5 Å². The molecule has 2 heterocycles. The minimum atomic E-state index is 0.392. The minimum Gasteiger partial charge on any atom is -0.341 e. The quantitative estimate of drug-likeness (QED) is 0.820. The molecule has 1 aromatic rings. The van der Waals surface area contributed by atoms with Crippen molar-refractivity contribution in [3.05, 3.63) is 17.4 Å². The predicted octanol–water partition coefficient (Wildman–Crippen LogP) is 4.03. The highest BCUT2D eigenvalue weighted by Crippen LogP contribution is 2.37. The lowest BCUT2D eigenvalue weighted by atomic mass is 9.71. The first-order chi connectivity index (χ1) is 8.88. The van der Waals surface area contributed by atoms with Crippen molar-refractivity contribution in [3.8, 4) is 0 Å². The topological polar surface area (TPSA) is 29.0 Å². The highest BCUT2D eigenvalue weighted by Gasteiger charge is 2.31. The van der Waals surface area contributed by atoms with Gasteiger partial charge < -0.3 is 4.90 Å². The lowest BCUT2D eigenvalue weighted by molar-refractivity contribution is 0.153. The molecule has 106 valence electrons. The van der Waals surface area contributed by atoms with Gasteiger partial charge in [0.05, 0.1) is 17.4 Å². The second-order valence-electron chi connectivity index (χ2n) is 6.68. The van der Waals surface area contributed by atoms with Gasteiger partial charge in [0.2, 0.25) is 5.95 Å². The fraction of sp³-hybridized carbons (Fsp3) is 0.733. The Morgan fingerprint density at radius 3 is 2.21 bits per heavy atom. The van der Waals surface area contributed by atoms with Crippen LogP contribution in [0.3, 0.4) is 0 Å². The number of rotatable bonds is 2. The van der Waals surface area contributed by atoms with Crippen molar-refractivity contribution in [2.45, 2.75) is 40.5 Å². The molecule has 0 aromatic carbocycles. The molecule has 0 spiro atoms. The molecule has 0 bridgehead atoms. The molecule has 1 aromatic heterocycles. The molecular weight excluding hydrogens is 258 g/mol. The van der Waals surface area contributed by atoms with Gasteiger partial charge >= 0.3 is 0 Å². The van der Waals surface area contributed by atoms with Crippen LogP contribution in [0.5, 0.6) is 0 Å². The Kier molecular flexibility index (Phi) is 4.34. The Morgan fingerprint density at radius 2 is 1.74 bits per heavy atom. The molecule has 0 amide bonds. The van der Waals surface area contributed by atoms with E-state index >= 15 is 0 Å². The van der Waals surface area contributed by atoms with Crippen LogP contribution in [0.15, 0.2) is 12.4 Å². The van der Waals surface area contributed by atoms with E-state index in [1.807, 2.05) is 0 Å². The summed E-state index contributed by atoms with van der Waals surface area (Å²) in [5.41, 5.74) is 0.392. The predicted molar refractivity (Wildman–Crippen MR) is 80.6 cm³/mol. The molecule has 0 N–H and O–H groups in total. The molecule has 3 nitrogen and oxygen atoms in total. The van der Waals surface area contributed by atoms with E-state index in [-0.39, 0.29) is 0 Å². The van der Waals surface area contributed by atoms with Crippen LogP contribution >= 0.6 is 11.6 Å². The molecule has 4 heteroatoms. The van der Waals surface area contributed by atoms with E-state index < -0.39 is 0 Å². The largest absolute Gasteiger partial charge is 0.341 e. The molecule has 0 unspecified atom stereocenters. The summed E-state index contributed by atoms with van der Waals surface area (Å²) in [7, 11) is 0. The Bertz CT molecular complexity index is 402. The number of hydrogen-bond acceptors (Lipinski definition) is 3. The van der Waals surface area contributed by atoms with Crippen molar-refractivity contribution in [2.75, 3.05) is 18.0 Å². The SMILES string of the molecule is C[C@H](C1CCN(c2ncc(Cl)cn2)CC1)C(C)(C)C. The van der Waals surface area contributed by atoms with Gasteiger partial charge in [-0.25, -0.2) is 9.97 Å². The molecule has 2 rings (SSSR count). The molecular formula is C15H24ClN3. The van der Waals surface area contributed by atoms with Crippen LogP contribution in [0.25, 0.3) is 0 Å². The van der Waals surface area contributed by atoms with Gasteiger partial charge in [-0.15, -0.1) is 0 Å². The molecule has 0 aliphatic carbocycles. The van der Waals surface area contributed by atoms with Crippen molar-refractivity contribution < 1.29 is 0 Å². The van der Waals surface area contributed by atoms with Gasteiger partial charge in [0.15, 0.2) is 0 Å². The van der Waals surface area contributed by atoms with Crippen LogP contribution in [-0.2, 0) is 0 Å². The van der Waals surface area contributed by atoms with Crippen molar-refractivity contribution in [1.82, 2.24) is 9.97 Å². The summed E-state index contributed by atoms with van der Waals surface area (Å²) in [6, 6.07) is 0. The van der Waals surface area contributed by atoms with Gasteiger partial charge in [-0.2, -0.15) is 0 Å². The van der Waals surface area contributed by atoms with Gasteiger partial charge in [-0.05, 0) is 30.1 Å². The van der Waals surface area contributed by atoms with E-state index in [1.54, 1.807) is 12.4 Å². The average Bonchev–Trinajstić information content (AvgIpc) is 2.38. The van der Waals surface area contributed by atoms with Gasteiger partial charge in [0, 0.05) is 13.1 Å². The highest BCUT2D eigenvalue weighted by molar-refractivity contribution is 6.30. The Hall–Kier alpha value is -0.830. The van der Waals surface area contributed by atoms with Gasteiger partial charge in [0.25, 0.3) is 0 Å². The van der Waals surface area contributed by atoms with E-state index in [9.17, 15) is 0 Å². The normalized spacial score (nSPS) is 19.5. The summed E-state index contributed by atoms with van der Waals surface area (Å²) >= 11 is 5.82. The number of nitrogens with zero attached hydrogens (tertiary/aromatic N) is 3. The zero-order chi connectivity index (χ0) is 14.0. The molecule has 1 atom stereocenters. The zero-order valence-electron chi connectivity index (χ0n) is 12.4. The van der Waals surface area contributed by atoms with Crippen LogP contribution < -0.4 is 4.90 Å². The number of anilines is 1. The van der Waals surface area contributed by atoms with E-state index in [2.05, 4.69) is 42.6 Å². The third-order valence-electron chi connectivity index (χ3n) is 4.50. The molecule has 1 saturated heterocycles. The maximum atomic E-state index is 5.82. The highest BCUT2D eigenvalue weighted by atomic mass is 35.5. The molecule has 1 fully saturated rings. The molecule has 0 saturated carbocycles. The first kappa shape index (κ1) is 14.6. The van der Waals surface area contributed by atoms with E-state index in [0.717, 1.165) is 30.9 Å². The standard InChI is InChI=1S/C15H24ClN3/c1-11(15(2,3)4)12-5-7-19(8-6-12)14-17-9-13(16)10-18-14/h9-12H,5-8H2,1-4H3/t11-/m1/s1. The second-order valence-corrected chi connectivity index (χ2v) is 7.12. The third-order valence-corrected chi connectivity index (χ3v) is 4.70. The van der Waals surface area contributed by atoms with Gasteiger partial charge in [0.1, 0.15) is 0 Å². The summed E-state index contributed by atoms with van der Waals surface area (Å²) in [5, 5.41) is 0.597.